The second-order valence-corrected chi connectivity index (χ2v) is 6.26. The number of phenolic OH excluding ortho intramolecular Hbond substituents is 1. The van der Waals surface area contributed by atoms with Gasteiger partial charge in [-0.2, -0.15) is 0 Å². The van der Waals surface area contributed by atoms with Crippen LogP contribution in [0.3, 0.4) is 0 Å². The van der Waals surface area contributed by atoms with Gasteiger partial charge in [0, 0.05) is 0 Å². The Morgan fingerprint density at radius 1 is 1.04 bits per heavy atom. The molecule has 1 atom stereocenters. The van der Waals surface area contributed by atoms with Gasteiger partial charge in [-0.05, 0) is 31.4 Å². The number of ether oxygens (including phenoxy) is 2. The minimum atomic E-state index is 0.452. The van der Waals surface area contributed by atoms with Crippen LogP contribution in [0.2, 0.25) is 0 Å². The standard InChI is InChI=1S/C15H24O.C3H6O.C2H4O.CH2O/c1-2-3-4-5-6-7-8-11-14-12-9-10-13-15(14)16;1-3-2-4-3;1-2-3-1;1-2/h9-10,12-13,16H,2-8,11H2,1H3;3H,2H2,1H3;1-2H2;1H2. The molecule has 0 amide bonds. The number of rotatable bonds is 8. The lowest BCUT2D eigenvalue weighted by molar-refractivity contribution is -0.0979. The Balaban J connectivity index is 0.000000516. The third kappa shape index (κ3) is 18.8. The Morgan fingerprint density at radius 3 is 1.96 bits per heavy atom. The van der Waals surface area contributed by atoms with Crippen LogP contribution in [0.25, 0.3) is 0 Å². The molecule has 1 unspecified atom stereocenters. The van der Waals surface area contributed by atoms with Gasteiger partial charge in [0.2, 0.25) is 0 Å². The normalized spacial score (nSPS) is 16.2. The SMILES string of the molecule is C1CO1.C=O.CC1CO1.CCCCCCCCCc1ccccc1O. The number of hydrogen-bond acceptors (Lipinski definition) is 4. The molecule has 4 heteroatoms. The third-order valence-electron chi connectivity index (χ3n) is 3.75. The smallest absolute Gasteiger partial charge is 0.118 e. The van der Waals surface area contributed by atoms with E-state index in [0.717, 1.165) is 31.8 Å². The number of carbonyl (C=O) groups is 1. The largest absolute Gasteiger partial charge is 0.508 e. The van der Waals surface area contributed by atoms with Gasteiger partial charge in [0.05, 0.1) is 25.9 Å². The average molecular weight is 353 g/mol. The lowest BCUT2D eigenvalue weighted by atomic mass is 10.0. The van der Waals surface area contributed by atoms with Crippen molar-refractivity contribution in [3.8, 4) is 5.75 Å². The first-order valence-electron chi connectivity index (χ1n) is 9.49. The van der Waals surface area contributed by atoms with Gasteiger partial charge >= 0.3 is 0 Å². The summed E-state index contributed by atoms with van der Waals surface area (Å²) >= 11 is 0. The quantitative estimate of drug-likeness (QED) is 0.533. The fourth-order valence-corrected chi connectivity index (χ4v) is 2.09. The van der Waals surface area contributed by atoms with Crippen molar-refractivity contribution in [1.29, 1.82) is 0 Å². The molecule has 2 aliphatic heterocycles. The van der Waals surface area contributed by atoms with Gasteiger partial charge in [-0.25, -0.2) is 0 Å². The number of para-hydroxylation sites is 1. The molecule has 4 nitrogen and oxygen atoms in total. The van der Waals surface area contributed by atoms with Crippen LogP contribution in [-0.2, 0) is 20.7 Å². The Hall–Kier alpha value is -1.39. The number of epoxide rings is 2. The zero-order chi connectivity index (χ0) is 18.8. The van der Waals surface area contributed by atoms with Gasteiger partial charge in [0.1, 0.15) is 12.5 Å². The first-order chi connectivity index (χ1) is 12.2. The number of benzene rings is 1. The van der Waals surface area contributed by atoms with E-state index in [2.05, 4.69) is 18.6 Å². The van der Waals surface area contributed by atoms with Crippen molar-refractivity contribution in [2.75, 3.05) is 19.8 Å². The van der Waals surface area contributed by atoms with Crippen LogP contribution in [0.4, 0.5) is 0 Å². The van der Waals surface area contributed by atoms with E-state index in [9.17, 15) is 5.11 Å². The minimum absolute atomic E-state index is 0.452. The van der Waals surface area contributed by atoms with Gasteiger partial charge in [-0.3, -0.25) is 0 Å². The Kier molecular flexibility index (Phi) is 16.5. The molecule has 2 saturated heterocycles. The summed E-state index contributed by atoms with van der Waals surface area (Å²) in [6, 6.07) is 7.67. The van der Waals surface area contributed by atoms with Crippen LogP contribution in [0.5, 0.6) is 5.75 Å². The molecular formula is C21H36O4. The van der Waals surface area contributed by atoms with Crippen molar-refractivity contribution < 1.29 is 19.4 Å². The fourth-order valence-electron chi connectivity index (χ4n) is 2.09. The molecule has 1 aromatic rings. The average Bonchev–Trinajstić information content (AvgIpc) is 3.53. The van der Waals surface area contributed by atoms with Crippen LogP contribution in [0.1, 0.15) is 64.4 Å². The maximum absolute atomic E-state index is 9.58. The van der Waals surface area contributed by atoms with E-state index in [1.54, 1.807) is 6.07 Å². The molecular weight excluding hydrogens is 316 g/mol. The summed E-state index contributed by atoms with van der Waals surface area (Å²) in [5.74, 6) is 0.452. The van der Waals surface area contributed by atoms with Crippen molar-refractivity contribution >= 4 is 6.79 Å². The third-order valence-corrected chi connectivity index (χ3v) is 3.75. The van der Waals surface area contributed by atoms with Gasteiger partial charge < -0.3 is 19.4 Å². The molecule has 0 bridgehead atoms. The van der Waals surface area contributed by atoms with Crippen LogP contribution in [0, 0.1) is 0 Å². The monoisotopic (exact) mass is 352 g/mol. The summed E-state index contributed by atoms with van der Waals surface area (Å²) < 4.78 is 9.21. The van der Waals surface area contributed by atoms with Gasteiger partial charge in [-0.1, -0.05) is 63.6 Å². The van der Waals surface area contributed by atoms with Crippen LogP contribution < -0.4 is 0 Å². The molecule has 144 valence electrons. The zero-order valence-corrected chi connectivity index (χ0v) is 16.0. The van der Waals surface area contributed by atoms with E-state index < -0.39 is 0 Å². The van der Waals surface area contributed by atoms with Crippen molar-refractivity contribution in [2.45, 2.75) is 71.3 Å². The summed E-state index contributed by atoms with van der Waals surface area (Å²) in [4.78, 5) is 8.00. The summed E-state index contributed by atoms with van der Waals surface area (Å²) in [5.41, 5.74) is 1.09. The molecule has 1 N–H and O–H groups in total. The maximum Gasteiger partial charge on any atom is 0.118 e. The molecule has 2 aliphatic rings. The first-order valence-corrected chi connectivity index (χ1v) is 9.49. The zero-order valence-electron chi connectivity index (χ0n) is 16.0. The van der Waals surface area contributed by atoms with Crippen molar-refractivity contribution in [1.82, 2.24) is 0 Å². The van der Waals surface area contributed by atoms with E-state index >= 15 is 0 Å². The van der Waals surface area contributed by atoms with Crippen LogP contribution in [0.15, 0.2) is 24.3 Å². The Morgan fingerprint density at radius 2 is 1.52 bits per heavy atom. The topological polar surface area (TPSA) is 62.4 Å². The van der Waals surface area contributed by atoms with Crippen LogP contribution in [-0.4, -0.2) is 37.8 Å². The van der Waals surface area contributed by atoms with E-state index in [-0.39, 0.29) is 0 Å². The number of unbranched alkanes of at least 4 members (excludes halogenated alkanes) is 6. The lowest BCUT2D eigenvalue weighted by Gasteiger charge is -2.04. The highest BCUT2D eigenvalue weighted by atomic mass is 16.6. The summed E-state index contributed by atoms with van der Waals surface area (Å²) in [7, 11) is 0. The first kappa shape index (κ1) is 23.6. The second kappa shape index (κ2) is 17.4. The molecule has 1 aromatic carbocycles. The molecule has 25 heavy (non-hydrogen) atoms. The molecule has 0 spiro atoms. The van der Waals surface area contributed by atoms with E-state index in [4.69, 9.17) is 9.53 Å². The molecule has 0 saturated carbocycles. The predicted octanol–water partition coefficient (Wildman–Crippen LogP) is 4.92. The van der Waals surface area contributed by atoms with Gasteiger partial charge in [-0.15, -0.1) is 0 Å². The molecule has 3 rings (SSSR count). The van der Waals surface area contributed by atoms with Crippen molar-refractivity contribution in [3.63, 3.8) is 0 Å². The number of aryl methyl sites for hydroxylation is 1. The van der Waals surface area contributed by atoms with Crippen molar-refractivity contribution in [3.05, 3.63) is 29.8 Å². The van der Waals surface area contributed by atoms with E-state index in [1.165, 1.54) is 44.9 Å². The highest BCUT2D eigenvalue weighted by Crippen LogP contribution is 2.18. The summed E-state index contributed by atoms with van der Waals surface area (Å²) in [6.45, 7) is 9.29. The fraction of sp³-hybridized carbons (Fsp3) is 0.667. The van der Waals surface area contributed by atoms with E-state index in [1.807, 2.05) is 25.0 Å². The second-order valence-electron chi connectivity index (χ2n) is 6.26. The molecule has 0 radical (unpaired) electrons. The number of aromatic hydroxyl groups is 1. The van der Waals surface area contributed by atoms with Crippen molar-refractivity contribution in [2.24, 2.45) is 0 Å². The number of carbonyl (C=O) groups excluding carboxylic acids is 1. The minimum Gasteiger partial charge on any atom is -0.508 e. The predicted molar refractivity (Wildman–Crippen MR) is 103 cm³/mol. The lowest BCUT2D eigenvalue weighted by Crippen LogP contribution is -1.87. The number of phenols is 1. The van der Waals surface area contributed by atoms with E-state index in [0.29, 0.717) is 11.9 Å². The summed E-state index contributed by atoms with van der Waals surface area (Å²) in [5, 5.41) is 9.58. The Labute approximate surface area is 153 Å². The van der Waals surface area contributed by atoms with Gasteiger partial charge in [0.25, 0.3) is 0 Å². The molecule has 0 aromatic heterocycles. The highest BCUT2D eigenvalue weighted by Gasteiger charge is 2.13. The molecule has 2 heterocycles. The van der Waals surface area contributed by atoms with Crippen LogP contribution >= 0.6 is 0 Å². The van der Waals surface area contributed by atoms with Gasteiger partial charge in [0.15, 0.2) is 0 Å². The summed E-state index contributed by atoms with van der Waals surface area (Å²) in [6.07, 6.45) is 10.9. The highest BCUT2D eigenvalue weighted by molar-refractivity contribution is 5.31. The molecule has 0 aliphatic carbocycles. The molecule has 2 fully saturated rings. The Bertz CT molecular complexity index is 400. The number of hydrogen-bond donors (Lipinski definition) is 1. The maximum atomic E-state index is 9.58.